The van der Waals surface area contributed by atoms with Crippen molar-refractivity contribution < 1.29 is 4.79 Å². The molecule has 140 valence electrons. The molecule has 1 amide bonds. The van der Waals surface area contributed by atoms with E-state index >= 15 is 0 Å². The maximum absolute atomic E-state index is 12.6. The number of nitrogens with zero attached hydrogens (tertiary/aromatic N) is 3. The Morgan fingerprint density at radius 1 is 1.12 bits per heavy atom. The van der Waals surface area contributed by atoms with Crippen molar-refractivity contribution in [2.75, 3.05) is 0 Å². The number of carbonyl (C=O) groups excluding carboxylic acids is 1. The van der Waals surface area contributed by atoms with Crippen molar-refractivity contribution in [2.45, 2.75) is 65.8 Å². The highest BCUT2D eigenvalue weighted by molar-refractivity contribution is 6.05. The Morgan fingerprint density at radius 3 is 2.54 bits per heavy atom. The molecule has 0 bridgehead atoms. The van der Waals surface area contributed by atoms with Crippen LogP contribution in [0.4, 0.5) is 0 Å². The van der Waals surface area contributed by atoms with Gasteiger partial charge in [0, 0.05) is 17.6 Å². The Morgan fingerprint density at radius 2 is 1.85 bits per heavy atom. The minimum atomic E-state index is -0.390. The Labute approximate surface area is 154 Å². The number of fused-ring (bicyclic) bond motifs is 1. The molecule has 0 atom stereocenters. The molecular formula is C20H28N4O2. The van der Waals surface area contributed by atoms with Crippen molar-refractivity contribution in [1.82, 2.24) is 15.2 Å². The molecule has 0 aliphatic heterocycles. The highest BCUT2D eigenvalue weighted by Crippen LogP contribution is 2.13. The topological polar surface area (TPSA) is 76.3 Å². The number of rotatable bonds is 9. The van der Waals surface area contributed by atoms with Crippen LogP contribution in [0.3, 0.4) is 0 Å². The fraction of sp³-hybridized carbons (Fsp3) is 0.500. The molecule has 26 heavy (non-hydrogen) atoms. The zero-order chi connectivity index (χ0) is 18.9. The maximum atomic E-state index is 12.6. The van der Waals surface area contributed by atoms with E-state index in [1.54, 1.807) is 24.3 Å². The van der Waals surface area contributed by atoms with Crippen LogP contribution in [0.25, 0.3) is 10.8 Å². The summed E-state index contributed by atoms with van der Waals surface area (Å²) >= 11 is 0. The molecule has 1 aromatic heterocycles. The van der Waals surface area contributed by atoms with Gasteiger partial charge in [0.15, 0.2) is 5.69 Å². The van der Waals surface area contributed by atoms with E-state index in [-0.39, 0.29) is 17.2 Å². The van der Waals surface area contributed by atoms with Crippen LogP contribution in [0.1, 0.15) is 69.8 Å². The normalized spacial score (nSPS) is 11.7. The van der Waals surface area contributed by atoms with Crippen LogP contribution in [-0.4, -0.2) is 21.4 Å². The molecule has 6 heteroatoms. The van der Waals surface area contributed by atoms with E-state index in [0.717, 1.165) is 25.0 Å². The first kappa shape index (κ1) is 19.8. The van der Waals surface area contributed by atoms with Gasteiger partial charge < -0.3 is 0 Å². The van der Waals surface area contributed by atoms with Gasteiger partial charge in [0.1, 0.15) is 0 Å². The summed E-state index contributed by atoms with van der Waals surface area (Å²) in [7, 11) is 0. The molecule has 6 nitrogen and oxygen atoms in total. The van der Waals surface area contributed by atoms with Crippen LogP contribution >= 0.6 is 0 Å². The summed E-state index contributed by atoms with van der Waals surface area (Å²) in [5.74, 6) is -0.390. The third-order valence-electron chi connectivity index (χ3n) is 4.26. The van der Waals surface area contributed by atoms with Gasteiger partial charge in [-0.3, -0.25) is 9.59 Å². The van der Waals surface area contributed by atoms with Crippen LogP contribution in [0, 0.1) is 0 Å². The number of hydrogen-bond acceptors (Lipinski definition) is 4. The van der Waals surface area contributed by atoms with Gasteiger partial charge in [-0.2, -0.15) is 10.2 Å². The molecule has 1 N–H and O–H groups in total. The summed E-state index contributed by atoms with van der Waals surface area (Å²) in [4.78, 5) is 25.1. The summed E-state index contributed by atoms with van der Waals surface area (Å²) < 4.78 is 1.36. The second kappa shape index (κ2) is 9.85. The van der Waals surface area contributed by atoms with Crippen LogP contribution < -0.4 is 11.0 Å². The third-order valence-corrected chi connectivity index (χ3v) is 4.26. The van der Waals surface area contributed by atoms with E-state index in [1.807, 2.05) is 13.8 Å². The highest BCUT2D eigenvalue weighted by atomic mass is 16.2. The van der Waals surface area contributed by atoms with E-state index < -0.39 is 0 Å². The van der Waals surface area contributed by atoms with E-state index in [1.165, 1.54) is 23.9 Å². The van der Waals surface area contributed by atoms with Crippen molar-refractivity contribution >= 4 is 22.4 Å². The standard InChI is InChI=1S/C20H28N4O2/c1-4-6-7-8-11-15(3)21-22-19(25)18-16-12-9-10-13-17(16)20(26)24(23-18)14-5-2/h9-10,12-13H,4-8,11,14H2,1-3H3,(H,22,25)/b21-15+. The predicted molar refractivity (Wildman–Crippen MR) is 106 cm³/mol. The van der Waals surface area contributed by atoms with Gasteiger partial charge in [0.05, 0.1) is 5.39 Å². The van der Waals surface area contributed by atoms with Gasteiger partial charge >= 0.3 is 0 Å². The van der Waals surface area contributed by atoms with E-state index in [2.05, 4.69) is 22.5 Å². The number of nitrogens with one attached hydrogen (secondary N) is 1. The summed E-state index contributed by atoms with van der Waals surface area (Å²) in [5.41, 5.74) is 3.54. The predicted octanol–water partition coefficient (Wildman–Crippen LogP) is 3.88. The first-order valence-corrected chi connectivity index (χ1v) is 9.41. The van der Waals surface area contributed by atoms with Crippen molar-refractivity contribution in [2.24, 2.45) is 5.10 Å². The Hall–Kier alpha value is -2.50. The summed E-state index contributed by atoms with van der Waals surface area (Å²) in [6.07, 6.45) is 6.28. The lowest BCUT2D eigenvalue weighted by Gasteiger charge is -2.09. The first-order valence-electron chi connectivity index (χ1n) is 9.41. The third kappa shape index (κ3) is 5.00. The van der Waals surface area contributed by atoms with Crippen LogP contribution in [0.5, 0.6) is 0 Å². The Balaban J connectivity index is 2.21. The maximum Gasteiger partial charge on any atom is 0.292 e. The summed E-state index contributed by atoms with van der Waals surface area (Å²) in [6, 6.07) is 7.06. The number of unbranched alkanes of at least 4 members (excludes halogenated alkanes) is 3. The van der Waals surface area contributed by atoms with E-state index in [0.29, 0.717) is 17.3 Å². The van der Waals surface area contributed by atoms with Crippen molar-refractivity contribution in [3.05, 3.63) is 40.3 Å². The van der Waals surface area contributed by atoms with Gasteiger partial charge in [-0.1, -0.05) is 51.3 Å². The molecule has 0 aliphatic carbocycles. The number of aryl methyl sites for hydroxylation is 1. The minimum absolute atomic E-state index is 0.172. The van der Waals surface area contributed by atoms with Gasteiger partial charge in [0.2, 0.25) is 0 Å². The second-order valence-electron chi connectivity index (χ2n) is 6.52. The number of hydrazone groups is 1. The lowest BCUT2D eigenvalue weighted by molar-refractivity contribution is 0.0949. The molecular weight excluding hydrogens is 328 g/mol. The molecule has 0 radical (unpaired) electrons. The molecule has 1 aromatic carbocycles. The molecule has 2 aromatic rings. The van der Waals surface area contributed by atoms with E-state index in [9.17, 15) is 9.59 Å². The highest BCUT2D eigenvalue weighted by Gasteiger charge is 2.16. The minimum Gasteiger partial charge on any atom is -0.267 e. The zero-order valence-electron chi connectivity index (χ0n) is 15.9. The van der Waals surface area contributed by atoms with Crippen LogP contribution in [0.2, 0.25) is 0 Å². The molecule has 0 aliphatic rings. The van der Waals surface area contributed by atoms with Gasteiger partial charge in [0.25, 0.3) is 11.5 Å². The number of aromatic nitrogens is 2. The van der Waals surface area contributed by atoms with E-state index in [4.69, 9.17) is 0 Å². The van der Waals surface area contributed by atoms with Crippen molar-refractivity contribution in [3.63, 3.8) is 0 Å². The summed E-state index contributed by atoms with van der Waals surface area (Å²) in [5, 5.41) is 9.53. The van der Waals surface area contributed by atoms with Gasteiger partial charge in [-0.05, 0) is 32.3 Å². The fourth-order valence-corrected chi connectivity index (χ4v) is 2.83. The SMILES string of the molecule is CCCCCC/C(C)=N/NC(=O)c1nn(CCC)c(=O)c2ccccc12. The Bertz CT molecular complexity index is 839. The number of amides is 1. The Kier molecular flexibility index (Phi) is 7.51. The average molecular weight is 356 g/mol. The molecule has 0 saturated heterocycles. The molecule has 2 rings (SSSR count). The zero-order valence-corrected chi connectivity index (χ0v) is 15.9. The van der Waals surface area contributed by atoms with Crippen LogP contribution in [-0.2, 0) is 6.54 Å². The van der Waals surface area contributed by atoms with Crippen LogP contribution in [0.15, 0.2) is 34.2 Å². The molecule has 0 fully saturated rings. The van der Waals surface area contributed by atoms with Gasteiger partial charge in [-0.25, -0.2) is 10.1 Å². The largest absolute Gasteiger partial charge is 0.292 e. The molecule has 0 spiro atoms. The van der Waals surface area contributed by atoms with Crippen molar-refractivity contribution in [3.8, 4) is 0 Å². The number of hydrogen-bond donors (Lipinski definition) is 1. The monoisotopic (exact) mass is 356 g/mol. The van der Waals surface area contributed by atoms with Gasteiger partial charge in [-0.15, -0.1) is 0 Å². The first-order chi connectivity index (χ1) is 12.6. The number of benzene rings is 1. The molecule has 1 heterocycles. The lowest BCUT2D eigenvalue weighted by atomic mass is 10.1. The quantitative estimate of drug-likeness (QED) is 0.421. The number of carbonyl (C=O) groups is 1. The van der Waals surface area contributed by atoms with Crippen molar-refractivity contribution in [1.29, 1.82) is 0 Å². The lowest BCUT2D eigenvalue weighted by Crippen LogP contribution is -2.29. The second-order valence-corrected chi connectivity index (χ2v) is 6.52. The molecule has 0 saturated carbocycles. The average Bonchev–Trinajstić information content (AvgIpc) is 2.65. The summed E-state index contributed by atoms with van der Waals surface area (Å²) in [6.45, 7) is 6.53. The molecule has 0 unspecified atom stereocenters. The fourth-order valence-electron chi connectivity index (χ4n) is 2.83. The smallest absolute Gasteiger partial charge is 0.267 e.